The standard InChI is InChI=1S/C30H22Br.C2H7Si.2ClH.Zr/c1-2-19-17-28-24(20-9-5-10-22(31)16-20)12-6-14-26(28)30(19)27-15-7-13-25-23-11-4-3-8-21(23)18-29(25)27;1-3-2;;;/h3-14,16-17,30H,2,18H2,1H3;3H,1-2H3;2*1H;/q-1;;;;+3/p-2. The van der Waals surface area contributed by atoms with E-state index in [1.807, 2.05) is 0 Å². The van der Waals surface area contributed by atoms with E-state index in [1.165, 1.54) is 55.6 Å². The Labute approximate surface area is 264 Å². The first-order chi connectivity index (χ1) is 16.7. The molecule has 37 heavy (non-hydrogen) atoms. The van der Waals surface area contributed by atoms with Crippen molar-refractivity contribution >= 4 is 31.5 Å². The zero-order valence-corrected chi connectivity index (χ0v) is 28.0. The van der Waals surface area contributed by atoms with Gasteiger partial charge in [0.2, 0.25) is 0 Å². The third-order valence-electron chi connectivity index (χ3n) is 6.80. The molecule has 0 aliphatic heterocycles. The Morgan fingerprint density at radius 1 is 0.892 bits per heavy atom. The van der Waals surface area contributed by atoms with Crippen molar-refractivity contribution in [3.05, 3.63) is 123 Å². The van der Waals surface area contributed by atoms with Crippen molar-refractivity contribution in [3.63, 3.8) is 0 Å². The van der Waals surface area contributed by atoms with E-state index in [4.69, 9.17) is 0 Å². The Balaban J connectivity index is 0.000000767. The minimum atomic E-state index is 0. The van der Waals surface area contributed by atoms with Crippen molar-refractivity contribution < 1.29 is 51.0 Å². The van der Waals surface area contributed by atoms with Gasteiger partial charge in [-0.2, -0.15) is 18.2 Å². The second kappa shape index (κ2) is 14.2. The molecule has 5 heteroatoms. The number of hydrogen-bond acceptors (Lipinski definition) is 0. The van der Waals surface area contributed by atoms with E-state index in [9.17, 15) is 0 Å². The molecule has 6 rings (SSSR count). The van der Waals surface area contributed by atoms with Crippen LogP contribution in [0.15, 0.2) is 88.9 Å². The van der Waals surface area contributed by atoms with Gasteiger partial charge in [0.15, 0.2) is 0 Å². The van der Waals surface area contributed by atoms with Crippen LogP contribution in [-0.2, 0) is 32.6 Å². The van der Waals surface area contributed by atoms with E-state index in [0.29, 0.717) is 0 Å². The Bertz CT molecular complexity index is 1400. The maximum atomic E-state index is 3.67. The number of fused-ring (bicyclic) bond motifs is 4. The van der Waals surface area contributed by atoms with Gasteiger partial charge in [0, 0.05) is 19.9 Å². The van der Waals surface area contributed by atoms with Crippen LogP contribution < -0.4 is 24.8 Å². The van der Waals surface area contributed by atoms with Gasteiger partial charge in [-0.05, 0) is 58.4 Å². The van der Waals surface area contributed by atoms with Gasteiger partial charge in [-0.3, -0.25) is 0 Å². The zero-order chi connectivity index (χ0) is 23.7. The predicted molar refractivity (Wildman–Crippen MR) is 152 cm³/mol. The van der Waals surface area contributed by atoms with Gasteiger partial charge in [-0.15, -0.1) is 16.7 Å². The molecule has 2 radical (unpaired) electrons. The van der Waals surface area contributed by atoms with E-state index in [2.05, 4.69) is 127 Å². The molecule has 2 aliphatic rings. The summed E-state index contributed by atoms with van der Waals surface area (Å²) in [5, 5.41) is 0. The van der Waals surface area contributed by atoms with Gasteiger partial charge in [0.05, 0.1) is 0 Å². The normalized spacial score (nSPS) is 13.8. The zero-order valence-electron chi connectivity index (χ0n) is 21.3. The molecule has 0 N–H and O–H groups in total. The molecule has 1 unspecified atom stereocenters. The summed E-state index contributed by atoms with van der Waals surface area (Å²) in [4.78, 5) is 0. The number of halogens is 3. The van der Waals surface area contributed by atoms with Gasteiger partial charge in [-0.1, -0.05) is 102 Å². The van der Waals surface area contributed by atoms with E-state index >= 15 is 0 Å². The van der Waals surface area contributed by atoms with Gasteiger partial charge < -0.3 is 24.8 Å². The Morgan fingerprint density at radius 3 is 2.32 bits per heavy atom. The maximum absolute atomic E-state index is 3.67. The van der Waals surface area contributed by atoms with Crippen LogP contribution in [-0.4, -0.2) is 9.52 Å². The Hall–Kier alpha value is -1.22. The molecular weight excluding hydrogens is 654 g/mol. The maximum Gasteiger partial charge on any atom is 3.00 e. The topological polar surface area (TPSA) is 0 Å². The van der Waals surface area contributed by atoms with Crippen molar-refractivity contribution in [2.75, 3.05) is 0 Å². The minimum absolute atomic E-state index is 0. The van der Waals surface area contributed by atoms with E-state index < -0.39 is 0 Å². The van der Waals surface area contributed by atoms with Gasteiger partial charge >= 0.3 is 26.2 Å². The molecule has 2 aliphatic carbocycles. The largest absolute Gasteiger partial charge is 3.00 e. The van der Waals surface area contributed by atoms with E-state index in [0.717, 1.165) is 26.8 Å². The average molecular weight is 684 g/mol. The fraction of sp³-hybridized carbons (Fsp3) is 0.188. The quantitative estimate of drug-likeness (QED) is 0.203. The molecule has 0 spiro atoms. The molecule has 0 saturated heterocycles. The Morgan fingerprint density at radius 2 is 1.59 bits per heavy atom. The summed E-state index contributed by atoms with van der Waals surface area (Å²) >= 11 is 3.64. The predicted octanol–water partition coefficient (Wildman–Crippen LogP) is 2.95. The first-order valence-electron chi connectivity index (χ1n) is 12.1. The first-order valence-corrected chi connectivity index (χ1v) is 15.2. The third-order valence-corrected chi connectivity index (χ3v) is 7.29. The van der Waals surface area contributed by atoms with Crippen LogP contribution in [0.2, 0.25) is 13.1 Å². The van der Waals surface area contributed by atoms with Gasteiger partial charge in [-0.25, -0.2) is 0 Å². The monoisotopic (exact) mass is 680 g/mol. The molecule has 0 nitrogen and oxygen atoms in total. The SMILES string of the molecule is CCC1=Cc2c(-c3cccc(Br)c3)cccc2C1c1[c-]ccc2c1Cc1ccccc1-2.C[SiH]C.[Cl-].[Cl-].[Zr+3]. The van der Waals surface area contributed by atoms with Crippen molar-refractivity contribution in [3.8, 4) is 22.3 Å². The fourth-order valence-electron chi connectivity index (χ4n) is 5.39. The van der Waals surface area contributed by atoms with E-state index in [1.54, 1.807) is 0 Å². The summed E-state index contributed by atoms with van der Waals surface area (Å²) in [7, 11) is 0.750. The van der Waals surface area contributed by atoms with Crippen molar-refractivity contribution in [2.24, 2.45) is 0 Å². The summed E-state index contributed by atoms with van der Waals surface area (Å²) in [6, 6.07) is 32.3. The summed E-state index contributed by atoms with van der Waals surface area (Å²) in [5.74, 6) is 0.288. The van der Waals surface area contributed by atoms with Crippen LogP contribution in [0, 0.1) is 6.07 Å². The van der Waals surface area contributed by atoms with Crippen LogP contribution in [0.1, 0.15) is 47.1 Å². The summed E-state index contributed by atoms with van der Waals surface area (Å²) in [5.41, 5.74) is 13.8. The van der Waals surface area contributed by atoms with Crippen molar-refractivity contribution in [1.29, 1.82) is 0 Å². The van der Waals surface area contributed by atoms with Crippen LogP contribution in [0.25, 0.3) is 28.3 Å². The van der Waals surface area contributed by atoms with Crippen molar-refractivity contribution in [1.82, 2.24) is 0 Å². The number of rotatable bonds is 3. The smallest absolute Gasteiger partial charge is 1.00 e. The Kier molecular flexibility index (Phi) is 12.3. The molecule has 1 atom stereocenters. The summed E-state index contributed by atoms with van der Waals surface area (Å²) < 4.78 is 1.11. The third kappa shape index (κ3) is 6.18. The molecular formula is C32H29BrCl2SiZr. The average Bonchev–Trinajstić information content (AvgIpc) is 3.42. The molecule has 0 aromatic heterocycles. The molecule has 186 valence electrons. The second-order valence-corrected chi connectivity index (χ2v) is 11.1. The summed E-state index contributed by atoms with van der Waals surface area (Å²) in [6.07, 6.45) is 4.49. The summed E-state index contributed by atoms with van der Waals surface area (Å²) in [6.45, 7) is 6.70. The molecule has 0 heterocycles. The van der Waals surface area contributed by atoms with Crippen LogP contribution in [0.3, 0.4) is 0 Å². The van der Waals surface area contributed by atoms with Crippen LogP contribution in [0.5, 0.6) is 0 Å². The molecule has 0 saturated carbocycles. The number of hydrogen-bond donors (Lipinski definition) is 0. The van der Waals surface area contributed by atoms with Crippen LogP contribution >= 0.6 is 15.9 Å². The molecule has 4 aromatic carbocycles. The molecule has 4 aromatic rings. The van der Waals surface area contributed by atoms with E-state index in [-0.39, 0.29) is 56.9 Å². The van der Waals surface area contributed by atoms with Gasteiger partial charge in [0.1, 0.15) is 0 Å². The fourth-order valence-corrected chi connectivity index (χ4v) is 5.79. The second-order valence-electron chi connectivity index (χ2n) is 9.02. The number of benzene rings is 4. The molecule has 0 bridgehead atoms. The molecule has 0 fully saturated rings. The molecule has 0 amide bonds. The number of allylic oxidation sites excluding steroid dienone is 1. The van der Waals surface area contributed by atoms with Gasteiger partial charge in [0.25, 0.3) is 0 Å². The van der Waals surface area contributed by atoms with Crippen molar-refractivity contribution in [2.45, 2.75) is 38.8 Å². The first kappa shape index (κ1) is 32.0. The van der Waals surface area contributed by atoms with Crippen LogP contribution in [0.4, 0.5) is 0 Å². The minimum Gasteiger partial charge on any atom is -1.00 e.